The Morgan fingerprint density at radius 1 is 1.17 bits per heavy atom. The van der Waals surface area contributed by atoms with Gasteiger partial charge in [0.05, 0.1) is 12.7 Å². The lowest BCUT2D eigenvalue weighted by molar-refractivity contribution is -0.140. The van der Waals surface area contributed by atoms with Gasteiger partial charge in [-0.15, -0.1) is 0 Å². The van der Waals surface area contributed by atoms with Gasteiger partial charge in [-0.05, 0) is 38.8 Å². The fraction of sp³-hybridized carbons (Fsp3) is 0.500. The summed E-state index contributed by atoms with van der Waals surface area (Å²) in [4.78, 5) is 35.7. The van der Waals surface area contributed by atoms with Gasteiger partial charge in [-0.1, -0.05) is 13.8 Å². The van der Waals surface area contributed by atoms with E-state index in [1.165, 1.54) is 13.2 Å². The summed E-state index contributed by atoms with van der Waals surface area (Å²) in [6.45, 7) is 9.92. The zero-order valence-corrected chi connectivity index (χ0v) is 14.8. The van der Waals surface area contributed by atoms with Gasteiger partial charge < -0.3 is 9.30 Å². The average Bonchev–Trinajstić information content (AvgIpc) is 2.80. The average molecular weight is 319 g/mol. The minimum atomic E-state index is -0.274. The van der Waals surface area contributed by atoms with E-state index in [9.17, 15) is 14.4 Å². The quantitative estimate of drug-likeness (QED) is 0.798. The molecule has 1 heterocycles. The smallest absolute Gasteiger partial charge is 0.305 e. The van der Waals surface area contributed by atoms with Crippen molar-refractivity contribution < 1.29 is 19.1 Å². The Bertz CT molecular complexity index is 665. The van der Waals surface area contributed by atoms with E-state index in [0.717, 1.165) is 11.3 Å². The summed E-state index contributed by atoms with van der Waals surface area (Å²) in [6.07, 6.45) is 2.25. The molecule has 0 spiro atoms. The largest absolute Gasteiger partial charge is 0.469 e. The van der Waals surface area contributed by atoms with Crippen molar-refractivity contribution in [2.45, 2.75) is 54.0 Å². The first-order valence-electron chi connectivity index (χ1n) is 7.92. The summed E-state index contributed by atoms with van der Waals surface area (Å²) in [5.41, 5.74) is 3.17. The van der Waals surface area contributed by atoms with Gasteiger partial charge in [0.25, 0.3) is 0 Å². The van der Waals surface area contributed by atoms with Gasteiger partial charge in [0.15, 0.2) is 5.78 Å². The molecule has 1 aliphatic carbocycles. The maximum atomic E-state index is 12.3. The number of allylic oxidation sites excluding steroid dienone is 2. The summed E-state index contributed by atoms with van der Waals surface area (Å²) in [5, 5.41) is 0. The highest BCUT2D eigenvalue weighted by atomic mass is 16.5. The van der Waals surface area contributed by atoms with E-state index in [4.69, 9.17) is 0 Å². The van der Waals surface area contributed by atoms with Crippen molar-refractivity contribution in [3.05, 3.63) is 34.2 Å². The Kier molecular flexibility index (Phi) is 6.49. The fourth-order valence-corrected chi connectivity index (χ4v) is 2.69. The second-order valence-electron chi connectivity index (χ2n) is 5.29. The van der Waals surface area contributed by atoms with E-state index in [-0.39, 0.29) is 17.5 Å². The van der Waals surface area contributed by atoms with Crippen LogP contribution in [0.2, 0.25) is 0 Å². The fourth-order valence-electron chi connectivity index (χ4n) is 2.69. The molecule has 0 atom stereocenters. The number of rotatable bonds is 4. The number of esters is 1. The van der Waals surface area contributed by atoms with Crippen LogP contribution in [0.1, 0.15) is 65.7 Å². The van der Waals surface area contributed by atoms with Gasteiger partial charge in [0.2, 0.25) is 5.78 Å². The van der Waals surface area contributed by atoms with Crippen LogP contribution in [-0.2, 0) is 16.1 Å². The number of fused-ring (bicyclic) bond motifs is 1. The van der Waals surface area contributed by atoms with Gasteiger partial charge >= 0.3 is 5.97 Å². The summed E-state index contributed by atoms with van der Waals surface area (Å²) >= 11 is 0. The number of aromatic nitrogens is 1. The molecule has 1 aromatic rings. The van der Waals surface area contributed by atoms with Crippen molar-refractivity contribution in [1.82, 2.24) is 4.57 Å². The molecule has 0 N–H and O–H groups in total. The van der Waals surface area contributed by atoms with Crippen LogP contribution in [0.4, 0.5) is 0 Å². The van der Waals surface area contributed by atoms with Crippen molar-refractivity contribution in [3.8, 4) is 0 Å². The molecule has 5 heteroatoms. The van der Waals surface area contributed by atoms with E-state index < -0.39 is 0 Å². The number of carbonyl (C=O) groups excluding carboxylic acids is 3. The maximum Gasteiger partial charge on any atom is 0.305 e. The molecule has 0 aromatic carbocycles. The molecular formula is C18H25NO4. The predicted octanol–water partition coefficient (Wildman–Crippen LogP) is 3.41. The van der Waals surface area contributed by atoms with Crippen LogP contribution in [0.25, 0.3) is 0 Å². The number of methoxy groups -OCH3 is 1. The van der Waals surface area contributed by atoms with E-state index in [2.05, 4.69) is 4.74 Å². The number of hydrogen-bond donors (Lipinski definition) is 0. The van der Waals surface area contributed by atoms with E-state index in [0.29, 0.717) is 36.2 Å². The molecule has 126 valence electrons. The molecule has 0 radical (unpaired) electrons. The van der Waals surface area contributed by atoms with Crippen molar-refractivity contribution >= 4 is 17.5 Å². The summed E-state index contributed by atoms with van der Waals surface area (Å²) in [5.74, 6) is -0.503. The highest BCUT2D eigenvalue weighted by Crippen LogP contribution is 2.29. The Hall–Kier alpha value is -2.17. The normalized spacial score (nSPS) is 13.0. The number of Topliss-reactive ketones (excluding diaryl/α,β-unsaturated/α-hetero) is 1. The SMILES string of the molecule is CC.COC(=O)CCCn1c(C)c(C)c2c1C(=O)C=C(C)C2=O. The second-order valence-corrected chi connectivity index (χ2v) is 5.29. The number of hydrogen-bond acceptors (Lipinski definition) is 4. The second kappa shape index (κ2) is 7.90. The van der Waals surface area contributed by atoms with E-state index in [1.807, 2.05) is 32.3 Å². The lowest BCUT2D eigenvalue weighted by Crippen LogP contribution is -2.19. The molecule has 0 aliphatic heterocycles. The Morgan fingerprint density at radius 3 is 2.35 bits per heavy atom. The van der Waals surface area contributed by atoms with Crippen LogP contribution in [-0.4, -0.2) is 29.2 Å². The summed E-state index contributed by atoms with van der Waals surface area (Å²) < 4.78 is 6.45. The molecule has 0 fully saturated rings. The lowest BCUT2D eigenvalue weighted by atomic mass is 9.93. The van der Waals surface area contributed by atoms with Gasteiger partial charge in [0.1, 0.15) is 5.69 Å². The molecule has 2 rings (SSSR count). The van der Waals surface area contributed by atoms with Gasteiger partial charge in [-0.2, -0.15) is 0 Å². The number of ether oxygens (including phenoxy) is 1. The first-order chi connectivity index (χ1) is 10.9. The molecular weight excluding hydrogens is 294 g/mol. The van der Waals surface area contributed by atoms with Crippen molar-refractivity contribution in [1.29, 1.82) is 0 Å². The highest BCUT2D eigenvalue weighted by molar-refractivity contribution is 6.24. The number of carbonyl (C=O) groups is 3. The minimum Gasteiger partial charge on any atom is -0.469 e. The predicted molar refractivity (Wildman–Crippen MR) is 88.9 cm³/mol. The van der Waals surface area contributed by atoms with Crippen LogP contribution in [0.3, 0.4) is 0 Å². The minimum absolute atomic E-state index is 0.0862. The third-order valence-corrected chi connectivity index (χ3v) is 3.99. The van der Waals surface area contributed by atoms with Crippen LogP contribution in [0.5, 0.6) is 0 Å². The topological polar surface area (TPSA) is 65.4 Å². The van der Waals surface area contributed by atoms with Crippen LogP contribution >= 0.6 is 0 Å². The zero-order chi connectivity index (χ0) is 17.7. The molecule has 0 saturated heterocycles. The van der Waals surface area contributed by atoms with Crippen molar-refractivity contribution in [2.24, 2.45) is 0 Å². The molecule has 0 saturated carbocycles. The third kappa shape index (κ3) is 3.60. The van der Waals surface area contributed by atoms with Crippen LogP contribution in [0, 0.1) is 13.8 Å². The summed E-state index contributed by atoms with van der Waals surface area (Å²) in [6, 6.07) is 0. The van der Waals surface area contributed by atoms with Crippen molar-refractivity contribution in [2.75, 3.05) is 7.11 Å². The van der Waals surface area contributed by atoms with Gasteiger partial charge in [-0.3, -0.25) is 14.4 Å². The molecule has 5 nitrogen and oxygen atoms in total. The Labute approximate surface area is 137 Å². The number of nitrogens with zero attached hydrogens (tertiary/aromatic N) is 1. The maximum absolute atomic E-state index is 12.3. The number of ketones is 2. The van der Waals surface area contributed by atoms with E-state index in [1.54, 1.807) is 6.92 Å². The molecule has 1 aromatic heterocycles. The van der Waals surface area contributed by atoms with Crippen LogP contribution < -0.4 is 0 Å². The molecule has 0 unspecified atom stereocenters. The molecule has 23 heavy (non-hydrogen) atoms. The Morgan fingerprint density at radius 2 is 1.78 bits per heavy atom. The van der Waals surface area contributed by atoms with Gasteiger partial charge in [-0.25, -0.2) is 0 Å². The summed E-state index contributed by atoms with van der Waals surface area (Å²) in [7, 11) is 1.35. The first kappa shape index (κ1) is 18.9. The molecule has 1 aliphatic rings. The Balaban J connectivity index is 0.00000127. The first-order valence-corrected chi connectivity index (χ1v) is 7.92. The van der Waals surface area contributed by atoms with Gasteiger partial charge in [0, 0.05) is 24.2 Å². The monoisotopic (exact) mass is 319 g/mol. The zero-order valence-electron chi connectivity index (χ0n) is 14.8. The van der Waals surface area contributed by atoms with E-state index >= 15 is 0 Å². The lowest BCUT2D eigenvalue weighted by Gasteiger charge is -2.13. The van der Waals surface area contributed by atoms with Crippen LogP contribution in [0.15, 0.2) is 11.6 Å². The molecule has 0 bridgehead atoms. The third-order valence-electron chi connectivity index (χ3n) is 3.99. The van der Waals surface area contributed by atoms with Crippen molar-refractivity contribution in [3.63, 3.8) is 0 Å². The molecule has 0 amide bonds. The standard InChI is InChI=1S/C16H19NO4.C2H6/c1-9-8-12(18)15-14(16(9)20)10(2)11(3)17(15)7-5-6-13(19)21-4;1-2/h8H,5-7H2,1-4H3;1-2H3. The highest BCUT2D eigenvalue weighted by Gasteiger charge is 2.30.